The first-order valence-electron chi connectivity index (χ1n) is 9.26. The van der Waals surface area contributed by atoms with Crippen molar-refractivity contribution in [3.63, 3.8) is 0 Å². The van der Waals surface area contributed by atoms with Crippen LogP contribution in [0.2, 0.25) is 0 Å². The average Bonchev–Trinajstić information content (AvgIpc) is 3.20. The minimum atomic E-state index is -1.07. The molecule has 0 spiro atoms. The Labute approximate surface area is 184 Å². The third kappa shape index (κ3) is 4.80. The fourth-order valence-corrected chi connectivity index (χ4v) is 3.63. The lowest BCUT2D eigenvalue weighted by Gasteiger charge is -2.11. The van der Waals surface area contributed by atoms with Gasteiger partial charge >= 0.3 is 0 Å². The normalized spacial score (nSPS) is 10.9. The molecule has 3 aromatic carbocycles. The number of carbonyl (C=O) groups excluding carboxylic acids is 1. The first kappa shape index (κ1) is 21.6. The zero-order valence-corrected chi connectivity index (χ0v) is 17.0. The molecule has 5 nitrogen and oxygen atoms in total. The molecule has 0 saturated heterocycles. The Bertz CT molecular complexity index is 1260. The van der Waals surface area contributed by atoms with E-state index in [0.717, 1.165) is 23.9 Å². The molecule has 0 atom stereocenters. The second-order valence-electron chi connectivity index (χ2n) is 6.59. The number of nitrogens with one attached hydrogen (secondary N) is 1. The molecule has 0 bridgehead atoms. The van der Waals surface area contributed by atoms with Crippen molar-refractivity contribution in [1.82, 2.24) is 14.8 Å². The largest absolute Gasteiger partial charge is 0.325 e. The monoisotopic (exact) mass is 458 g/mol. The predicted molar refractivity (Wildman–Crippen MR) is 112 cm³/mol. The summed E-state index contributed by atoms with van der Waals surface area (Å²) in [6.45, 7) is 0. The van der Waals surface area contributed by atoms with E-state index in [0.29, 0.717) is 22.2 Å². The molecule has 32 heavy (non-hydrogen) atoms. The van der Waals surface area contributed by atoms with Crippen molar-refractivity contribution in [2.45, 2.75) is 5.16 Å². The lowest BCUT2D eigenvalue weighted by molar-refractivity contribution is -0.113. The molecule has 1 aromatic heterocycles. The molecule has 0 saturated carbocycles. The Morgan fingerprint density at radius 2 is 1.50 bits per heavy atom. The van der Waals surface area contributed by atoms with Crippen LogP contribution in [-0.2, 0) is 4.79 Å². The van der Waals surface area contributed by atoms with Crippen LogP contribution in [-0.4, -0.2) is 26.4 Å². The second-order valence-corrected chi connectivity index (χ2v) is 7.53. The van der Waals surface area contributed by atoms with Crippen molar-refractivity contribution in [2.24, 2.45) is 0 Å². The molecule has 0 aliphatic rings. The number of hydrogen-bond acceptors (Lipinski definition) is 4. The molecule has 0 aliphatic carbocycles. The summed E-state index contributed by atoms with van der Waals surface area (Å²) in [5, 5.41) is 11.1. The predicted octanol–water partition coefficient (Wildman–Crippen LogP) is 5.22. The van der Waals surface area contributed by atoms with Crippen molar-refractivity contribution in [3.05, 3.63) is 90.0 Å². The van der Waals surface area contributed by atoms with Crippen molar-refractivity contribution in [2.75, 3.05) is 11.1 Å². The Kier molecular flexibility index (Phi) is 6.22. The molecule has 4 rings (SSSR count). The average molecular weight is 458 g/mol. The number of benzene rings is 3. The summed E-state index contributed by atoms with van der Waals surface area (Å²) >= 11 is 1.04. The van der Waals surface area contributed by atoms with Crippen LogP contribution in [0.1, 0.15) is 0 Å². The number of rotatable bonds is 6. The Morgan fingerprint density at radius 1 is 0.844 bits per heavy atom. The highest BCUT2D eigenvalue weighted by molar-refractivity contribution is 7.99. The molecule has 0 aliphatic heterocycles. The van der Waals surface area contributed by atoms with Gasteiger partial charge in [-0.25, -0.2) is 17.6 Å². The fourth-order valence-electron chi connectivity index (χ4n) is 2.87. The lowest BCUT2D eigenvalue weighted by Crippen LogP contribution is -2.15. The van der Waals surface area contributed by atoms with Gasteiger partial charge in [-0.05, 0) is 60.7 Å². The smallest absolute Gasteiger partial charge is 0.234 e. The number of carbonyl (C=O) groups is 1. The lowest BCUT2D eigenvalue weighted by atomic mass is 10.2. The van der Waals surface area contributed by atoms with E-state index in [1.807, 2.05) is 0 Å². The van der Waals surface area contributed by atoms with Crippen LogP contribution < -0.4 is 5.32 Å². The molecule has 0 unspecified atom stereocenters. The molecule has 1 heterocycles. The van der Waals surface area contributed by atoms with Gasteiger partial charge in [0.1, 0.15) is 11.6 Å². The SMILES string of the molecule is O=C(CSc1nnc(-c2ccc(F)cc2)n1-c1ccc(F)cc1)Nc1ccc(F)c(F)c1. The van der Waals surface area contributed by atoms with E-state index in [4.69, 9.17) is 0 Å². The van der Waals surface area contributed by atoms with E-state index in [9.17, 15) is 22.4 Å². The Hall–Kier alpha value is -3.66. The van der Waals surface area contributed by atoms with Gasteiger partial charge in [-0.2, -0.15) is 0 Å². The number of halogens is 4. The summed E-state index contributed by atoms with van der Waals surface area (Å²) in [6, 6.07) is 14.3. The van der Waals surface area contributed by atoms with Gasteiger partial charge in [-0.1, -0.05) is 11.8 Å². The van der Waals surface area contributed by atoms with Crippen LogP contribution in [0, 0.1) is 23.3 Å². The van der Waals surface area contributed by atoms with E-state index >= 15 is 0 Å². The summed E-state index contributed by atoms with van der Waals surface area (Å²) in [7, 11) is 0. The second kappa shape index (κ2) is 9.23. The van der Waals surface area contributed by atoms with E-state index < -0.39 is 29.2 Å². The van der Waals surface area contributed by atoms with E-state index in [1.165, 1.54) is 54.6 Å². The summed E-state index contributed by atoms with van der Waals surface area (Å²) in [5.74, 6) is -3.14. The number of amides is 1. The fraction of sp³-hybridized carbons (Fsp3) is 0.0455. The van der Waals surface area contributed by atoms with Gasteiger partial charge in [0, 0.05) is 23.0 Å². The van der Waals surface area contributed by atoms with E-state index in [2.05, 4.69) is 15.5 Å². The van der Waals surface area contributed by atoms with Crippen LogP contribution in [0.25, 0.3) is 17.1 Å². The maximum Gasteiger partial charge on any atom is 0.234 e. The van der Waals surface area contributed by atoms with Crippen molar-refractivity contribution < 1.29 is 22.4 Å². The summed E-state index contributed by atoms with van der Waals surface area (Å²) in [6.07, 6.45) is 0. The number of anilines is 1. The van der Waals surface area contributed by atoms with Gasteiger partial charge in [0.05, 0.1) is 5.75 Å². The van der Waals surface area contributed by atoms with Gasteiger partial charge in [-0.3, -0.25) is 9.36 Å². The summed E-state index contributed by atoms with van der Waals surface area (Å²) < 4.78 is 54.7. The standard InChI is InChI=1S/C22H14F4N4OS/c23-14-3-1-13(2-4-14)21-28-29-22(30(21)17-8-5-15(24)6-9-17)32-12-20(31)27-16-7-10-18(25)19(26)11-16/h1-11H,12H2,(H,27,31). The van der Waals surface area contributed by atoms with E-state index in [-0.39, 0.29) is 11.4 Å². The molecule has 10 heteroatoms. The highest BCUT2D eigenvalue weighted by Gasteiger charge is 2.18. The minimum Gasteiger partial charge on any atom is -0.325 e. The molecule has 1 N–H and O–H groups in total. The van der Waals surface area contributed by atoms with Gasteiger partial charge < -0.3 is 5.32 Å². The van der Waals surface area contributed by atoms with Crippen LogP contribution in [0.3, 0.4) is 0 Å². The van der Waals surface area contributed by atoms with Gasteiger partial charge in [0.15, 0.2) is 22.6 Å². The number of hydrogen-bond donors (Lipinski definition) is 1. The quantitative estimate of drug-likeness (QED) is 0.318. The molecular weight excluding hydrogens is 444 g/mol. The number of aromatic nitrogens is 3. The maximum absolute atomic E-state index is 13.4. The van der Waals surface area contributed by atoms with Crippen molar-refractivity contribution >= 4 is 23.4 Å². The first-order chi connectivity index (χ1) is 15.4. The van der Waals surface area contributed by atoms with Crippen LogP contribution in [0.4, 0.5) is 23.2 Å². The Balaban J connectivity index is 1.59. The van der Waals surface area contributed by atoms with Crippen LogP contribution >= 0.6 is 11.8 Å². The third-order valence-electron chi connectivity index (χ3n) is 4.36. The third-order valence-corrected chi connectivity index (χ3v) is 5.29. The molecule has 1 amide bonds. The van der Waals surface area contributed by atoms with Crippen LogP contribution in [0.15, 0.2) is 71.9 Å². The van der Waals surface area contributed by atoms with Crippen molar-refractivity contribution in [1.29, 1.82) is 0 Å². The highest BCUT2D eigenvalue weighted by Crippen LogP contribution is 2.28. The van der Waals surface area contributed by atoms with Gasteiger partial charge in [-0.15, -0.1) is 10.2 Å². The Morgan fingerprint density at radius 3 is 2.16 bits per heavy atom. The summed E-state index contributed by atoms with van der Waals surface area (Å²) in [4.78, 5) is 12.3. The van der Waals surface area contributed by atoms with Gasteiger partial charge in [0.2, 0.25) is 5.91 Å². The topological polar surface area (TPSA) is 59.8 Å². The van der Waals surface area contributed by atoms with Crippen LogP contribution in [0.5, 0.6) is 0 Å². The van der Waals surface area contributed by atoms with Gasteiger partial charge in [0.25, 0.3) is 0 Å². The van der Waals surface area contributed by atoms with Crippen molar-refractivity contribution in [3.8, 4) is 17.1 Å². The summed E-state index contributed by atoms with van der Waals surface area (Å²) in [5.41, 5.74) is 1.22. The molecule has 4 aromatic rings. The molecular formula is C22H14F4N4OS. The number of thioether (sulfide) groups is 1. The molecule has 0 radical (unpaired) electrons. The zero-order valence-electron chi connectivity index (χ0n) is 16.2. The number of nitrogens with zero attached hydrogens (tertiary/aromatic N) is 3. The zero-order chi connectivity index (χ0) is 22.7. The minimum absolute atomic E-state index is 0.109. The van der Waals surface area contributed by atoms with E-state index in [1.54, 1.807) is 4.57 Å². The maximum atomic E-state index is 13.4. The first-order valence-corrected chi connectivity index (χ1v) is 10.2. The molecule has 162 valence electrons. The highest BCUT2D eigenvalue weighted by atomic mass is 32.2. The molecule has 0 fully saturated rings.